The van der Waals surface area contributed by atoms with E-state index in [1.807, 2.05) is 0 Å². The molecule has 1 aromatic rings. The first-order valence-electron chi connectivity index (χ1n) is 4.38. The molecule has 0 saturated carbocycles. The molecule has 15 heavy (non-hydrogen) atoms. The molecule has 0 saturated heterocycles. The van der Waals surface area contributed by atoms with Crippen molar-refractivity contribution in [1.29, 1.82) is 0 Å². The Morgan fingerprint density at radius 1 is 1.67 bits per heavy atom. The van der Waals surface area contributed by atoms with E-state index in [1.165, 1.54) is 6.20 Å². The first kappa shape index (κ1) is 11.5. The lowest BCUT2D eigenvalue weighted by atomic mass is 10.4. The van der Waals surface area contributed by atoms with Gasteiger partial charge in [0.1, 0.15) is 10.9 Å². The number of pyridine rings is 1. The minimum atomic E-state index is -0.479. The zero-order chi connectivity index (χ0) is 11.3. The van der Waals surface area contributed by atoms with Crippen LogP contribution >= 0.6 is 11.6 Å². The number of anilines is 1. The molecule has 0 aliphatic carbocycles. The van der Waals surface area contributed by atoms with E-state index in [-0.39, 0.29) is 5.70 Å². The van der Waals surface area contributed by atoms with Crippen LogP contribution in [0, 0.1) is 0 Å². The van der Waals surface area contributed by atoms with Crippen LogP contribution in [0.3, 0.4) is 0 Å². The van der Waals surface area contributed by atoms with Crippen molar-refractivity contribution in [2.24, 2.45) is 0 Å². The summed E-state index contributed by atoms with van der Waals surface area (Å²) < 4.78 is 4.75. The van der Waals surface area contributed by atoms with Crippen molar-refractivity contribution in [3.05, 3.63) is 35.8 Å². The summed E-state index contributed by atoms with van der Waals surface area (Å²) in [6.07, 6.45) is 1.51. The summed E-state index contributed by atoms with van der Waals surface area (Å²) in [5, 5.41) is 3.15. The Morgan fingerprint density at radius 2 is 2.40 bits per heavy atom. The molecule has 0 spiro atoms. The predicted molar refractivity (Wildman–Crippen MR) is 58.6 cm³/mol. The van der Waals surface area contributed by atoms with Crippen LogP contribution in [0.25, 0.3) is 0 Å². The van der Waals surface area contributed by atoms with Gasteiger partial charge in [-0.05, 0) is 19.1 Å². The van der Waals surface area contributed by atoms with E-state index in [9.17, 15) is 4.79 Å². The van der Waals surface area contributed by atoms with E-state index in [0.717, 1.165) is 0 Å². The van der Waals surface area contributed by atoms with Gasteiger partial charge in [0.15, 0.2) is 0 Å². The summed E-state index contributed by atoms with van der Waals surface area (Å²) in [6.45, 7) is 5.59. The van der Waals surface area contributed by atoms with E-state index in [4.69, 9.17) is 16.3 Å². The lowest BCUT2D eigenvalue weighted by Gasteiger charge is -2.07. The van der Waals surface area contributed by atoms with Crippen molar-refractivity contribution in [1.82, 2.24) is 4.98 Å². The van der Waals surface area contributed by atoms with Crippen LogP contribution in [-0.4, -0.2) is 17.6 Å². The van der Waals surface area contributed by atoms with Crippen LogP contribution in [0.1, 0.15) is 6.92 Å². The van der Waals surface area contributed by atoms with E-state index >= 15 is 0 Å². The van der Waals surface area contributed by atoms with E-state index in [2.05, 4.69) is 16.9 Å². The Kier molecular flexibility index (Phi) is 4.12. The van der Waals surface area contributed by atoms with Gasteiger partial charge in [0.05, 0.1) is 18.5 Å². The minimum absolute atomic E-state index is 0.168. The number of carbonyl (C=O) groups excluding carboxylic acids is 1. The quantitative estimate of drug-likeness (QED) is 0.486. The van der Waals surface area contributed by atoms with Crippen molar-refractivity contribution in [2.75, 3.05) is 11.9 Å². The highest BCUT2D eigenvalue weighted by molar-refractivity contribution is 6.29. The zero-order valence-electron chi connectivity index (χ0n) is 8.29. The van der Waals surface area contributed by atoms with Crippen LogP contribution in [0.2, 0.25) is 5.15 Å². The fourth-order valence-corrected chi connectivity index (χ4v) is 1.01. The van der Waals surface area contributed by atoms with Gasteiger partial charge >= 0.3 is 5.97 Å². The van der Waals surface area contributed by atoms with Crippen LogP contribution in [0.4, 0.5) is 5.69 Å². The van der Waals surface area contributed by atoms with Gasteiger partial charge in [-0.15, -0.1) is 0 Å². The lowest BCUT2D eigenvalue weighted by molar-refractivity contribution is -0.138. The number of hydrogen-bond donors (Lipinski definition) is 1. The number of ether oxygens (including phenoxy) is 1. The molecule has 5 heteroatoms. The fraction of sp³-hybridized carbons (Fsp3) is 0.200. The number of rotatable bonds is 4. The highest BCUT2D eigenvalue weighted by Gasteiger charge is 2.07. The molecule has 0 aromatic carbocycles. The second kappa shape index (κ2) is 5.36. The number of nitrogens with zero attached hydrogens (tertiary/aromatic N) is 1. The van der Waals surface area contributed by atoms with Crippen LogP contribution in [-0.2, 0) is 9.53 Å². The number of halogens is 1. The van der Waals surface area contributed by atoms with Gasteiger partial charge < -0.3 is 10.1 Å². The fourth-order valence-electron chi connectivity index (χ4n) is 0.893. The average Bonchev–Trinajstić information content (AvgIpc) is 2.22. The summed E-state index contributed by atoms with van der Waals surface area (Å²) in [7, 11) is 0. The van der Waals surface area contributed by atoms with E-state index in [1.54, 1.807) is 19.1 Å². The molecule has 80 valence electrons. The third kappa shape index (κ3) is 3.59. The highest BCUT2D eigenvalue weighted by atomic mass is 35.5. The van der Waals surface area contributed by atoms with Crippen molar-refractivity contribution in [3.63, 3.8) is 0 Å². The van der Waals surface area contributed by atoms with E-state index in [0.29, 0.717) is 17.4 Å². The monoisotopic (exact) mass is 226 g/mol. The summed E-state index contributed by atoms with van der Waals surface area (Å²) in [4.78, 5) is 15.0. The molecular weight excluding hydrogens is 216 g/mol. The summed E-state index contributed by atoms with van der Waals surface area (Å²) in [5.74, 6) is -0.479. The molecule has 0 aliphatic rings. The van der Waals surface area contributed by atoms with Gasteiger partial charge in [0.2, 0.25) is 0 Å². The average molecular weight is 227 g/mol. The maximum atomic E-state index is 11.2. The molecule has 0 bridgehead atoms. The van der Waals surface area contributed by atoms with Gasteiger partial charge in [-0.1, -0.05) is 18.2 Å². The SMILES string of the molecule is C=C(Nc1ccc(Cl)nc1)C(=O)OCC. The second-order valence-corrected chi connectivity index (χ2v) is 3.08. The number of aromatic nitrogens is 1. The predicted octanol–water partition coefficient (Wildman–Crippen LogP) is 2.22. The third-order valence-corrected chi connectivity index (χ3v) is 1.77. The van der Waals surface area contributed by atoms with Gasteiger partial charge in [-0.2, -0.15) is 0 Å². The Hall–Kier alpha value is -1.55. The maximum Gasteiger partial charge on any atom is 0.354 e. The molecule has 0 fully saturated rings. The van der Waals surface area contributed by atoms with Gasteiger partial charge in [-0.25, -0.2) is 9.78 Å². The van der Waals surface area contributed by atoms with E-state index < -0.39 is 5.97 Å². The van der Waals surface area contributed by atoms with Crippen molar-refractivity contribution < 1.29 is 9.53 Å². The summed E-state index contributed by atoms with van der Waals surface area (Å²) >= 11 is 5.61. The number of carbonyl (C=O) groups is 1. The first-order chi connectivity index (χ1) is 7.13. The number of nitrogens with one attached hydrogen (secondary N) is 1. The summed E-state index contributed by atoms with van der Waals surface area (Å²) in [6, 6.07) is 3.31. The van der Waals surface area contributed by atoms with Crippen LogP contribution in [0.5, 0.6) is 0 Å². The number of hydrogen-bond acceptors (Lipinski definition) is 4. The normalized spacial score (nSPS) is 9.47. The highest BCUT2D eigenvalue weighted by Crippen LogP contribution is 2.11. The Bertz CT molecular complexity index is 362. The topological polar surface area (TPSA) is 51.2 Å². The van der Waals surface area contributed by atoms with Crippen LogP contribution < -0.4 is 5.32 Å². The molecule has 4 nitrogen and oxygen atoms in total. The molecular formula is C10H11ClN2O2. The van der Waals surface area contributed by atoms with Crippen molar-refractivity contribution in [3.8, 4) is 0 Å². The zero-order valence-corrected chi connectivity index (χ0v) is 9.04. The van der Waals surface area contributed by atoms with Gasteiger partial charge in [0, 0.05) is 0 Å². The summed E-state index contributed by atoms with van der Waals surface area (Å²) in [5.41, 5.74) is 0.804. The number of esters is 1. The van der Waals surface area contributed by atoms with Crippen LogP contribution in [0.15, 0.2) is 30.6 Å². The molecule has 0 aliphatic heterocycles. The Labute approximate surface area is 92.9 Å². The standard InChI is InChI=1S/C10H11ClN2O2/c1-3-15-10(14)7(2)13-8-4-5-9(11)12-6-8/h4-6,13H,2-3H2,1H3. The first-order valence-corrected chi connectivity index (χ1v) is 4.76. The molecule has 0 unspecified atom stereocenters. The molecule has 1 aromatic heterocycles. The molecule has 1 rings (SSSR count). The van der Waals surface area contributed by atoms with Crippen molar-refractivity contribution in [2.45, 2.75) is 6.92 Å². The van der Waals surface area contributed by atoms with Gasteiger partial charge in [0.25, 0.3) is 0 Å². The minimum Gasteiger partial charge on any atom is -0.461 e. The molecule has 1 N–H and O–H groups in total. The van der Waals surface area contributed by atoms with Crippen molar-refractivity contribution >= 4 is 23.3 Å². The Morgan fingerprint density at radius 3 is 2.93 bits per heavy atom. The second-order valence-electron chi connectivity index (χ2n) is 2.69. The largest absolute Gasteiger partial charge is 0.461 e. The smallest absolute Gasteiger partial charge is 0.354 e. The van der Waals surface area contributed by atoms with Gasteiger partial charge in [-0.3, -0.25) is 0 Å². The molecule has 0 amide bonds. The molecule has 1 heterocycles. The molecule has 0 atom stereocenters. The maximum absolute atomic E-state index is 11.2. The third-order valence-electron chi connectivity index (χ3n) is 1.54. The Balaban J connectivity index is 2.58. The molecule has 0 radical (unpaired) electrons. The lowest BCUT2D eigenvalue weighted by Crippen LogP contribution is -2.13.